The first-order valence-electron chi connectivity index (χ1n) is 8.37. The Morgan fingerprint density at radius 2 is 1.71 bits per heavy atom. The highest BCUT2D eigenvalue weighted by molar-refractivity contribution is 6.31. The zero-order chi connectivity index (χ0) is 17.4. The van der Waals surface area contributed by atoms with Crippen LogP contribution in [0.15, 0.2) is 54.6 Å². The van der Waals surface area contributed by atoms with Crippen molar-refractivity contribution >= 4 is 17.5 Å². The molecular formula is C20H25ClN2O. The molecule has 2 N–H and O–H groups in total. The van der Waals surface area contributed by atoms with Crippen LogP contribution >= 0.6 is 11.6 Å². The van der Waals surface area contributed by atoms with Gasteiger partial charge in [0.2, 0.25) is 5.91 Å². The molecule has 0 bridgehead atoms. The second-order valence-corrected chi connectivity index (χ2v) is 6.52. The molecule has 128 valence electrons. The van der Waals surface area contributed by atoms with E-state index in [1.54, 1.807) is 0 Å². The number of rotatable bonds is 8. The smallest absolute Gasteiger partial charge is 0.234 e. The van der Waals surface area contributed by atoms with Gasteiger partial charge in [-0.15, -0.1) is 0 Å². The molecule has 2 aromatic carbocycles. The average molecular weight is 345 g/mol. The van der Waals surface area contributed by atoms with Crippen molar-refractivity contribution < 1.29 is 4.79 Å². The minimum absolute atomic E-state index is 0.00876. The normalized spacial score (nSPS) is 13.3. The van der Waals surface area contributed by atoms with Crippen molar-refractivity contribution in [2.45, 2.75) is 38.8 Å². The van der Waals surface area contributed by atoms with E-state index in [0.29, 0.717) is 5.02 Å². The molecular weight excluding hydrogens is 320 g/mol. The Morgan fingerprint density at radius 3 is 2.42 bits per heavy atom. The highest BCUT2D eigenvalue weighted by atomic mass is 35.5. The van der Waals surface area contributed by atoms with Crippen molar-refractivity contribution in [3.63, 3.8) is 0 Å². The minimum Gasteiger partial charge on any atom is -0.353 e. The first kappa shape index (κ1) is 18.5. The van der Waals surface area contributed by atoms with Gasteiger partial charge in [0.15, 0.2) is 0 Å². The summed E-state index contributed by atoms with van der Waals surface area (Å²) in [6.45, 7) is 4.33. The van der Waals surface area contributed by atoms with Gasteiger partial charge in [-0.3, -0.25) is 4.79 Å². The van der Waals surface area contributed by atoms with Crippen molar-refractivity contribution in [1.82, 2.24) is 10.6 Å². The van der Waals surface area contributed by atoms with Crippen LogP contribution in [-0.2, 0) is 11.2 Å². The van der Waals surface area contributed by atoms with Crippen molar-refractivity contribution in [3.8, 4) is 0 Å². The van der Waals surface area contributed by atoms with E-state index in [-0.39, 0.29) is 24.5 Å². The van der Waals surface area contributed by atoms with Gasteiger partial charge in [0.05, 0.1) is 6.54 Å². The maximum atomic E-state index is 12.1. The molecule has 0 heterocycles. The monoisotopic (exact) mass is 344 g/mol. The van der Waals surface area contributed by atoms with E-state index in [1.807, 2.05) is 56.3 Å². The first-order valence-corrected chi connectivity index (χ1v) is 8.75. The Balaban J connectivity index is 1.71. The molecule has 2 rings (SSSR count). The lowest BCUT2D eigenvalue weighted by Crippen LogP contribution is -2.39. The molecule has 0 fully saturated rings. The summed E-state index contributed by atoms with van der Waals surface area (Å²) in [6.07, 6.45) is 1.89. The lowest BCUT2D eigenvalue weighted by molar-refractivity contribution is -0.121. The van der Waals surface area contributed by atoms with Gasteiger partial charge in [0.1, 0.15) is 0 Å². The Kier molecular flexibility index (Phi) is 7.29. The first-order chi connectivity index (χ1) is 11.6. The molecule has 2 atom stereocenters. The highest BCUT2D eigenvalue weighted by Gasteiger charge is 2.12. The van der Waals surface area contributed by atoms with Crippen LogP contribution in [0.25, 0.3) is 0 Å². The van der Waals surface area contributed by atoms with Gasteiger partial charge in [0.25, 0.3) is 0 Å². The molecule has 0 saturated carbocycles. The fraction of sp³-hybridized carbons (Fsp3) is 0.350. The Morgan fingerprint density at radius 1 is 1.04 bits per heavy atom. The van der Waals surface area contributed by atoms with E-state index in [1.165, 1.54) is 5.56 Å². The molecule has 4 heteroatoms. The quantitative estimate of drug-likeness (QED) is 0.756. The third kappa shape index (κ3) is 5.99. The topological polar surface area (TPSA) is 41.1 Å². The number of carbonyl (C=O) groups is 1. The fourth-order valence-electron chi connectivity index (χ4n) is 2.61. The van der Waals surface area contributed by atoms with Gasteiger partial charge in [-0.25, -0.2) is 0 Å². The van der Waals surface area contributed by atoms with Gasteiger partial charge >= 0.3 is 0 Å². The van der Waals surface area contributed by atoms with Crippen LogP contribution in [0.3, 0.4) is 0 Å². The second-order valence-electron chi connectivity index (χ2n) is 6.12. The molecule has 0 aliphatic rings. The summed E-state index contributed by atoms with van der Waals surface area (Å²) in [7, 11) is 0. The summed E-state index contributed by atoms with van der Waals surface area (Å²) in [5.74, 6) is 0.00876. The molecule has 0 spiro atoms. The summed E-state index contributed by atoms with van der Waals surface area (Å²) >= 11 is 6.18. The molecule has 2 aromatic rings. The van der Waals surface area contributed by atoms with Gasteiger partial charge in [-0.05, 0) is 43.9 Å². The molecule has 0 saturated heterocycles. The van der Waals surface area contributed by atoms with Crippen LogP contribution in [0.4, 0.5) is 0 Å². The van der Waals surface area contributed by atoms with E-state index in [4.69, 9.17) is 11.6 Å². The minimum atomic E-state index is 0.00876. The number of amides is 1. The molecule has 3 nitrogen and oxygen atoms in total. The maximum Gasteiger partial charge on any atom is 0.234 e. The van der Waals surface area contributed by atoms with Crippen LogP contribution in [0.1, 0.15) is 37.4 Å². The van der Waals surface area contributed by atoms with E-state index in [0.717, 1.165) is 18.4 Å². The zero-order valence-electron chi connectivity index (χ0n) is 14.3. The lowest BCUT2D eigenvalue weighted by atomic mass is 10.1. The van der Waals surface area contributed by atoms with Crippen molar-refractivity contribution in [2.24, 2.45) is 0 Å². The number of carbonyl (C=O) groups excluding carboxylic acids is 1. The van der Waals surface area contributed by atoms with E-state index in [2.05, 4.69) is 22.8 Å². The summed E-state index contributed by atoms with van der Waals surface area (Å²) in [6, 6.07) is 18.2. The predicted molar refractivity (Wildman–Crippen MR) is 100 cm³/mol. The SMILES string of the molecule is CC(CCc1ccccc1)NC(=O)CNC(C)c1ccccc1Cl. The average Bonchev–Trinajstić information content (AvgIpc) is 2.59. The Hall–Kier alpha value is -1.84. The molecule has 24 heavy (non-hydrogen) atoms. The van der Waals surface area contributed by atoms with Gasteiger partial charge < -0.3 is 10.6 Å². The Labute approximate surface area is 149 Å². The molecule has 0 aliphatic carbocycles. The molecule has 1 amide bonds. The van der Waals surface area contributed by atoms with E-state index < -0.39 is 0 Å². The number of aryl methyl sites for hydroxylation is 1. The predicted octanol–water partition coefficient (Wildman–Crippen LogP) is 4.13. The summed E-state index contributed by atoms with van der Waals surface area (Å²) in [4.78, 5) is 12.1. The zero-order valence-corrected chi connectivity index (χ0v) is 15.0. The standard InChI is InChI=1S/C20H25ClN2O/c1-15(12-13-17-8-4-3-5-9-17)23-20(24)14-22-16(2)18-10-6-7-11-19(18)21/h3-11,15-16,22H,12-14H2,1-2H3,(H,23,24). The number of benzene rings is 2. The van der Waals surface area contributed by atoms with Gasteiger partial charge in [0, 0.05) is 17.1 Å². The third-order valence-electron chi connectivity index (χ3n) is 4.06. The Bertz CT molecular complexity index is 645. The highest BCUT2D eigenvalue weighted by Crippen LogP contribution is 2.21. The number of hydrogen-bond acceptors (Lipinski definition) is 2. The fourth-order valence-corrected chi connectivity index (χ4v) is 2.91. The number of halogens is 1. The van der Waals surface area contributed by atoms with Crippen LogP contribution in [0.5, 0.6) is 0 Å². The summed E-state index contributed by atoms with van der Waals surface area (Å²) < 4.78 is 0. The van der Waals surface area contributed by atoms with Crippen LogP contribution in [0, 0.1) is 0 Å². The van der Waals surface area contributed by atoms with Gasteiger partial charge in [-0.1, -0.05) is 60.1 Å². The van der Waals surface area contributed by atoms with Crippen LogP contribution in [0.2, 0.25) is 5.02 Å². The molecule has 0 aliphatic heterocycles. The lowest BCUT2D eigenvalue weighted by Gasteiger charge is -2.18. The van der Waals surface area contributed by atoms with E-state index in [9.17, 15) is 4.79 Å². The van der Waals surface area contributed by atoms with Crippen molar-refractivity contribution in [2.75, 3.05) is 6.54 Å². The van der Waals surface area contributed by atoms with Crippen molar-refractivity contribution in [3.05, 3.63) is 70.7 Å². The van der Waals surface area contributed by atoms with Crippen LogP contribution in [-0.4, -0.2) is 18.5 Å². The second kappa shape index (κ2) is 9.45. The van der Waals surface area contributed by atoms with Crippen molar-refractivity contribution in [1.29, 1.82) is 0 Å². The number of hydrogen-bond donors (Lipinski definition) is 2. The van der Waals surface area contributed by atoms with E-state index >= 15 is 0 Å². The van der Waals surface area contributed by atoms with Crippen LogP contribution < -0.4 is 10.6 Å². The third-order valence-corrected chi connectivity index (χ3v) is 4.40. The largest absolute Gasteiger partial charge is 0.353 e. The molecule has 2 unspecified atom stereocenters. The number of nitrogens with one attached hydrogen (secondary N) is 2. The summed E-state index contributed by atoms with van der Waals surface area (Å²) in [5, 5.41) is 6.98. The maximum absolute atomic E-state index is 12.1. The molecule has 0 radical (unpaired) electrons. The van der Waals surface area contributed by atoms with Gasteiger partial charge in [-0.2, -0.15) is 0 Å². The molecule has 0 aromatic heterocycles. The summed E-state index contributed by atoms with van der Waals surface area (Å²) in [5.41, 5.74) is 2.30.